The van der Waals surface area contributed by atoms with Crippen molar-refractivity contribution in [3.05, 3.63) is 64.1 Å². The fourth-order valence-electron chi connectivity index (χ4n) is 4.46. The van der Waals surface area contributed by atoms with Gasteiger partial charge in [-0.05, 0) is 75.4 Å². The van der Waals surface area contributed by atoms with Gasteiger partial charge in [0.05, 0.1) is 11.7 Å². The fraction of sp³-hybridized carbons (Fsp3) is 0.370. The number of fused-ring (bicyclic) bond motifs is 1. The van der Waals surface area contributed by atoms with Crippen molar-refractivity contribution < 1.29 is 34.3 Å². The summed E-state index contributed by atoms with van der Waals surface area (Å²) in [6.07, 6.45) is 3.64. The highest BCUT2D eigenvalue weighted by Crippen LogP contribution is 2.43. The zero-order valence-corrected chi connectivity index (χ0v) is 19.6. The molecule has 3 heterocycles. The van der Waals surface area contributed by atoms with Crippen LogP contribution in [0.3, 0.4) is 0 Å². The van der Waals surface area contributed by atoms with Gasteiger partial charge in [-0.2, -0.15) is 0 Å². The van der Waals surface area contributed by atoms with Crippen LogP contribution < -0.4 is 4.74 Å². The zero-order valence-electron chi connectivity index (χ0n) is 19.6. The number of phenols is 2. The number of phenolic OH excluding ortho intramolecular Hbond substituents is 2. The predicted octanol–water partition coefficient (Wildman–Crippen LogP) is 4.79. The minimum atomic E-state index is -0.759. The molecule has 0 bridgehead atoms. The van der Waals surface area contributed by atoms with E-state index in [9.17, 15) is 20.1 Å². The van der Waals surface area contributed by atoms with Crippen molar-refractivity contribution in [1.82, 2.24) is 0 Å². The van der Waals surface area contributed by atoms with Crippen molar-refractivity contribution in [2.75, 3.05) is 0 Å². The molecule has 0 spiro atoms. The standard InChI is InChI=1S/C27H28O7/c1-26(2)8-7-16-11-17(19(29)13-20(16)33-26)23-24(30)21(32-25(23)31)10-14-5-6-15(18(28)9-14)12-22-27(3,4)34-22/h5-6,9-11,13,22,28-30H,7-8,12H2,1-4H3. The van der Waals surface area contributed by atoms with Crippen molar-refractivity contribution in [2.45, 2.75) is 64.3 Å². The van der Waals surface area contributed by atoms with Crippen LogP contribution in [0.25, 0.3) is 11.6 Å². The average molecular weight is 465 g/mol. The molecule has 34 heavy (non-hydrogen) atoms. The number of hydrogen-bond acceptors (Lipinski definition) is 7. The van der Waals surface area contributed by atoms with E-state index in [1.165, 1.54) is 12.1 Å². The van der Waals surface area contributed by atoms with E-state index in [-0.39, 0.29) is 51.5 Å². The van der Waals surface area contributed by atoms with Crippen LogP contribution in [0.4, 0.5) is 0 Å². The predicted molar refractivity (Wildman–Crippen MR) is 126 cm³/mol. The van der Waals surface area contributed by atoms with Gasteiger partial charge in [-0.1, -0.05) is 12.1 Å². The Labute approximate surface area is 197 Å². The summed E-state index contributed by atoms with van der Waals surface area (Å²) in [6, 6.07) is 8.24. The lowest BCUT2D eigenvalue weighted by atomic mass is 9.91. The molecule has 0 saturated carbocycles. The van der Waals surface area contributed by atoms with Crippen LogP contribution in [-0.4, -0.2) is 38.6 Å². The first-order chi connectivity index (χ1) is 15.9. The number of aryl methyl sites for hydroxylation is 1. The highest BCUT2D eigenvalue weighted by molar-refractivity contribution is 6.21. The van der Waals surface area contributed by atoms with Crippen molar-refractivity contribution in [1.29, 1.82) is 0 Å². The summed E-state index contributed by atoms with van der Waals surface area (Å²) >= 11 is 0. The van der Waals surface area contributed by atoms with Gasteiger partial charge in [0, 0.05) is 18.1 Å². The largest absolute Gasteiger partial charge is 0.508 e. The van der Waals surface area contributed by atoms with E-state index in [2.05, 4.69) is 0 Å². The summed E-state index contributed by atoms with van der Waals surface area (Å²) in [5.41, 5.74) is 1.73. The maximum atomic E-state index is 12.6. The molecule has 5 rings (SSSR count). The molecular weight excluding hydrogens is 436 g/mol. The monoisotopic (exact) mass is 464 g/mol. The molecule has 178 valence electrons. The number of hydrogen-bond donors (Lipinski definition) is 3. The molecule has 1 atom stereocenters. The van der Waals surface area contributed by atoms with Gasteiger partial charge in [0.25, 0.3) is 0 Å². The molecule has 2 aromatic carbocycles. The minimum Gasteiger partial charge on any atom is -0.508 e. The summed E-state index contributed by atoms with van der Waals surface area (Å²) in [4.78, 5) is 12.6. The van der Waals surface area contributed by atoms with Gasteiger partial charge >= 0.3 is 5.97 Å². The Bertz CT molecular complexity index is 1270. The number of aliphatic hydroxyl groups is 1. The summed E-state index contributed by atoms with van der Waals surface area (Å²) in [5, 5.41) is 31.8. The molecule has 3 N–H and O–H groups in total. The number of aromatic hydroxyl groups is 2. The second-order valence-corrected chi connectivity index (χ2v) is 10.3. The first kappa shape index (κ1) is 22.3. The van der Waals surface area contributed by atoms with Gasteiger partial charge in [-0.15, -0.1) is 0 Å². The topological polar surface area (TPSA) is 109 Å². The Hall–Kier alpha value is -3.45. The van der Waals surface area contributed by atoms with Gasteiger partial charge in [0.15, 0.2) is 11.5 Å². The molecular formula is C27H28O7. The van der Waals surface area contributed by atoms with Crippen molar-refractivity contribution >= 4 is 17.6 Å². The third kappa shape index (κ3) is 4.01. The molecule has 1 saturated heterocycles. The van der Waals surface area contributed by atoms with Gasteiger partial charge in [0.2, 0.25) is 0 Å². The number of aliphatic hydroxyl groups excluding tert-OH is 1. The van der Waals surface area contributed by atoms with E-state index in [1.807, 2.05) is 27.7 Å². The maximum Gasteiger partial charge on any atom is 0.348 e. The highest BCUT2D eigenvalue weighted by Gasteiger charge is 2.47. The number of carbonyl (C=O) groups is 1. The van der Waals surface area contributed by atoms with Crippen LogP contribution in [0.15, 0.2) is 41.9 Å². The number of ether oxygens (including phenoxy) is 3. The van der Waals surface area contributed by atoms with Crippen LogP contribution in [0.1, 0.15) is 56.4 Å². The van der Waals surface area contributed by atoms with Crippen LogP contribution in [0, 0.1) is 0 Å². The fourth-order valence-corrected chi connectivity index (χ4v) is 4.46. The molecule has 3 aliphatic rings. The van der Waals surface area contributed by atoms with Gasteiger partial charge in [-0.25, -0.2) is 4.79 Å². The molecule has 1 fully saturated rings. The molecule has 7 heteroatoms. The Morgan fingerprint density at radius 1 is 1.06 bits per heavy atom. The molecule has 0 radical (unpaired) electrons. The first-order valence-electron chi connectivity index (χ1n) is 11.4. The SMILES string of the molecule is CC1(C)CCc2cc(C3=C(O)C(=Cc4ccc(CC5OC5(C)C)c(O)c4)OC3=O)c(O)cc2O1. The lowest BCUT2D eigenvalue weighted by Gasteiger charge is -2.32. The Kier molecular flexibility index (Phi) is 4.95. The van der Waals surface area contributed by atoms with Crippen molar-refractivity contribution in [3.8, 4) is 17.2 Å². The number of carbonyl (C=O) groups excluding carboxylic acids is 1. The molecule has 0 amide bonds. The second-order valence-electron chi connectivity index (χ2n) is 10.3. The molecule has 2 aromatic rings. The number of cyclic esters (lactones) is 1. The second kappa shape index (κ2) is 7.53. The average Bonchev–Trinajstić information content (AvgIpc) is 3.24. The lowest BCUT2D eigenvalue weighted by molar-refractivity contribution is -0.131. The minimum absolute atomic E-state index is 0.0479. The van der Waals surface area contributed by atoms with E-state index < -0.39 is 5.97 Å². The van der Waals surface area contributed by atoms with E-state index in [0.29, 0.717) is 17.7 Å². The van der Waals surface area contributed by atoms with Crippen LogP contribution >= 0.6 is 0 Å². The number of epoxide rings is 1. The van der Waals surface area contributed by atoms with Crippen LogP contribution in [0.5, 0.6) is 17.2 Å². The summed E-state index contributed by atoms with van der Waals surface area (Å²) in [5.74, 6) is -0.685. The molecule has 7 nitrogen and oxygen atoms in total. The summed E-state index contributed by atoms with van der Waals surface area (Å²) < 4.78 is 16.8. The van der Waals surface area contributed by atoms with E-state index in [0.717, 1.165) is 24.0 Å². The van der Waals surface area contributed by atoms with E-state index in [1.54, 1.807) is 24.3 Å². The Morgan fingerprint density at radius 2 is 1.79 bits per heavy atom. The normalized spacial score (nSPS) is 23.5. The number of benzene rings is 2. The van der Waals surface area contributed by atoms with Gasteiger partial charge in [-0.3, -0.25) is 0 Å². The first-order valence-corrected chi connectivity index (χ1v) is 11.4. The maximum absolute atomic E-state index is 12.6. The lowest BCUT2D eigenvalue weighted by Crippen LogP contribution is -2.32. The van der Waals surface area contributed by atoms with Crippen LogP contribution in [-0.2, 0) is 27.1 Å². The third-order valence-electron chi connectivity index (χ3n) is 6.68. The zero-order chi connectivity index (χ0) is 24.4. The summed E-state index contributed by atoms with van der Waals surface area (Å²) in [7, 11) is 0. The quantitative estimate of drug-likeness (QED) is 0.441. The summed E-state index contributed by atoms with van der Waals surface area (Å²) in [6.45, 7) is 7.96. The molecule has 0 aliphatic carbocycles. The van der Waals surface area contributed by atoms with Gasteiger partial charge in [0.1, 0.15) is 28.4 Å². The van der Waals surface area contributed by atoms with Crippen LogP contribution in [0.2, 0.25) is 0 Å². The third-order valence-corrected chi connectivity index (χ3v) is 6.68. The molecule has 1 unspecified atom stereocenters. The Balaban J connectivity index is 1.44. The Morgan fingerprint density at radius 3 is 2.47 bits per heavy atom. The molecule has 0 aromatic heterocycles. The highest BCUT2D eigenvalue weighted by atomic mass is 16.6. The van der Waals surface area contributed by atoms with Gasteiger partial charge < -0.3 is 29.5 Å². The van der Waals surface area contributed by atoms with E-state index >= 15 is 0 Å². The smallest absolute Gasteiger partial charge is 0.348 e. The number of rotatable bonds is 4. The van der Waals surface area contributed by atoms with Crippen molar-refractivity contribution in [2.24, 2.45) is 0 Å². The molecule has 3 aliphatic heterocycles. The van der Waals surface area contributed by atoms with Crippen molar-refractivity contribution in [3.63, 3.8) is 0 Å². The number of esters is 1. The van der Waals surface area contributed by atoms with E-state index in [4.69, 9.17) is 14.2 Å².